The highest BCUT2D eigenvalue weighted by atomic mass is 16.2. The number of carbonyl (C=O) groups is 2. The number of carbonyl (C=O) groups excluding carboxylic acids is 2. The lowest BCUT2D eigenvalue weighted by Gasteiger charge is -2.46. The highest BCUT2D eigenvalue weighted by molar-refractivity contribution is 5.78. The van der Waals surface area contributed by atoms with E-state index in [0.29, 0.717) is 24.9 Å². The van der Waals surface area contributed by atoms with Crippen LogP contribution in [0.3, 0.4) is 0 Å². The fraction of sp³-hybridized carbons (Fsp3) is 0.900. The summed E-state index contributed by atoms with van der Waals surface area (Å²) in [7, 11) is 0. The summed E-state index contributed by atoms with van der Waals surface area (Å²) in [6.07, 6.45) is 7.83. The molecule has 9 heteroatoms. The van der Waals surface area contributed by atoms with Gasteiger partial charge < -0.3 is 16.4 Å². The summed E-state index contributed by atoms with van der Waals surface area (Å²) in [6, 6.07) is 0.800. The minimum Gasteiger partial charge on any atom is -0.369 e. The number of hydrogen-bond acceptors (Lipinski definition) is 7. The van der Waals surface area contributed by atoms with Crippen LogP contribution in [-0.4, -0.2) is 78.4 Å². The average Bonchev–Trinajstić information content (AvgIpc) is 3.14. The van der Waals surface area contributed by atoms with Gasteiger partial charge in [0.2, 0.25) is 11.8 Å². The van der Waals surface area contributed by atoms with Crippen LogP contribution in [0.2, 0.25) is 0 Å². The highest BCUT2D eigenvalue weighted by Gasteiger charge is 2.39. The second-order valence-electron chi connectivity index (χ2n) is 9.24. The Kier molecular flexibility index (Phi) is 6.70. The molecule has 4 aliphatic rings. The van der Waals surface area contributed by atoms with Crippen molar-refractivity contribution in [2.75, 3.05) is 26.2 Å². The van der Waals surface area contributed by atoms with Gasteiger partial charge in [-0.1, -0.05) is 0 Å². The maximum absolute atomic E-state index is 12.2. The summed E-state index contributed by atoms with van der Waals surface area (Å²) in [5, 5.41) is 10.7. The van der Waals surface area contributed by atoms with Gasteiger partial charge in [0.25, 0.3) is 0 Å². The van der Waals surface area contributed by atoms with Gasteiger partial charge in [-0.15, -0.1) is 0 Å². The standard InChI is InChI=1S/C20H37N7O2/c21-13-4-2-8-26(12-13)20-23-11-16(18(22)29)19(25-20)24-14-5-1-6-15(10-14)27-9-3-7-17(27)28/h13-16,19-20,23-25H,1-12,21H2,(H2,22,29)/t13-,14?,15?,16?,19?,20?/m0/s1. The van der Waals surface area contributed by atoms with Gasteiger partial charge in [-0.3, -0.25) is 30.4 Å². The molecule has 4 fully saturated rings. The molecular formula is C20H37N7O2. The minimum atomic E-state index is -0.307. The fourth-order valence-corrected chi connectivity index (χ4v) is 5.55. The Bertz CT molecular complexity index is 603. The topological polar surface area (TPSA) is 129 Å². The van der Waals surface area contributed by atoms with Gasteiger partial charge in [-0.05, 0) is 44.9 Å². The first-order valence-electron chi connectivity index (χ1n) is 11.3. The third-order valence-electron chi connectivity index (χ3n) is 7.10. The number of hydrogen-bond donors (Lipinski definition) is 5. The Balaban J connectivity index is 1.38. The van der Waals surface area contributed by atoms with E-state index in [-0.39, 0.29) is 36.4 Å². The molecule has 164 valence electrons. The van der Waals surface area contributed by atoms with Crippen LogP contribution in [0.1, 0.15) is 51.4 Å². The first-order chi connectivity index (χ1) is 14.0. The van der Waals surface area contributed by atoms with E-state index in [0.717, 1.165) is 64.6 Å². The lowest BCUT2D eigenvalue weighted by molar-refractivity contribution is -0.130. The summed E-state index contributed by atoms with van der Waals surface area (Å²) >= 11 is 0. The number of piperidine rings is 1. The maximum Gasteiger partial charge on any atom is 0.224 e. The van der Waals surface area contributed by atoms with Crippen molar-refractivity contribution >= 4 is 11.8 Å². The number of nitrogens with zero attached hydrogens (tertiary/aromatic N) is 2. The smallest absolute Gasteiger partial charge is 0.224 e. The van der Waals surface area contributed by atoms with Crippen LogP contribution in [0, 0.1) is 5.92 Å². The Morgan fingerprint density at radius 2 is 2.00 bits per heavy atom. The largest absolute Gasteiger partial charge is 0.369 e. The molecule has 0 spiro atoms. The maximum atomic E-state index is 12.2. The monoisotopic (exact) mass is 407 g/mol. The molecule has 9 nitrogen and oxygen atoms in total. The van der Waals surface area contributed by atoms with Crippen LogP contribution >= 0.6 is 0 Å². The lowest BCUT2D eigenvalue weighted by Crippen LogP contribution is -2.72. The number of primary amides is 1. The van der Waals surface area contributed by atoms with E-state index in [1.54, 1.807) is 0 Å². The van der Waals surface area contributed by atoms with Crippen molar-refractivity contribution in [3.63, 3.8) is 0 Å². The van der Waals surface area contributed by atoms with Gasteiger partial charge in [-0.2, -0.15) is 0 Å². The van der Waals surface area contributed by atoms with Crippen molar-refractivity contribution in [1.29, 1.82) is 0 Å². The number of nitrogens with one attached hydrogen (secondary N) is 3. The van der Waals surface area contributed by atoms with Crippen molar-refractivity contribution in [3.8, 4) is 0 Å². The van der Waals surface area contributed by atoms with Crippen molar-refractivity contribution in [1.82, 2.24) is 25.8 Å². The van der Waals surface area contributed by atoms with Crippen molar-refractivity contribution in [2.24, 2.45) is 17.4 Å². The summed E-state index contributed by atoms with van der Waals surface area (Å²) in [4.78, 5) is 28.6. The van der Waals surface area contributed by atoms with E-state index in [1.807, 2.05) is 0 Å². The molecule has 3 heterocycles. The summed E-state index contributed by atoms with van der Waals surface area (Å²) < 4.78 is 0. The van der Waals surface area contributed by atoms with Crippen LogP contribution < -0.4 is 27.4 Å². The second-order valence-corrected chi connectivity index (χ2v) is 9.24. The zero-order chi connectivity index (χ0) is 20.4. The third kappa shape index (κ3) is 4.91. The molecule has 1 aliphatic carbocycles. The van der Waals surface area contributed by atoms with E-state index >= 15 is 0 Å². The van der Waals surface area contributed by atoms with E-state index in [9.17, 15) is 9.59 Å². The van der Waals surface area contributed by atoms with Gasteiger partial charge in [0.05, 0.1) is 12.1 Å². The molecule has 7 N–H and O–H groups in total. The molecule has 1 saturated carbocycles. The van der Waals surface area contributed by atoms with Gasteiger partial charge in [0, 0.05) is 50.7 Å². The van der Waals surface area contributed by atoms with Gasteiger partial charge in [0.15, 0.2) is 0 Å². The summed E-state index contributed by atoms with van der Waals surface area (Å²) in [5.74, 6) is -0.302. The Morgan fingerprint density at radius 1 is 1.14 bits per heavy atom. The first-order valence-corrected chi connectivity index (χ1v) is 11.3. The predicted octanol–water partition coefficient (Wildman–Crippen LogP) is -1.16. The Morgan fingerprint density at radius 3 is 2.72 bits per heavy atom. The molecule has 3 aliphatic heterocycles. The third-order valence-corrected chi connectivity index (χ3v) is 7.10. The molecule has 29 heavy (non-hydrogen) atoms. The van der Waals surface area contributed by atoms with E-state index in [1.165, 1.54) is 0 Å². The average molecular weight is 408 g/mol. The van der Waals surface area contributed by atoms with Gasteiger partial charge >= 0.3 is 0 Å². The van der Waals surface area contributed by atoms with E-state index < -0.39 is 0 Å². The molecule has 0 bridgehead atoms. The quantitative estimate of drug-likeness (QED) is 0.389. The molecule has 0 aromatic carbocycles. The number of likely N-dealkylation sites (tertiary alicyclic amines) is 2. The van der Waals surface area contributed by atoms with E-state index in [4.69, 9.17) is 11.5 Å². The lowest BCUT2D eigenvalue weighted by atomic mass is 9.89. The fourth-order valence-electron chi connectivity index (χ4n) is 5.55. The second kappa shape index (κ2) is 9.26. The molecule has 6 atom stereocenters. The minimum absolute atomic E-state index is 0.00556. The molecule has 0 aromatic heterocycles. The predicted molar refractivity (Wildman–Crippen MR) is 110 cm³/mol. The Hall–Kier alpha value is -1.26. The molecule has 2 amide bonds. The highest BCUT2D eigenvalue weighted by Crippen LogP contribution is 2.27. The number of nitrogens with two attached hydrogens (primary N) is 2. The molecule has 3 saturated heterocycles. The van der Waals surface area contributed by atoms with Gasteiger partial charge in [0.1, 0.15) is 6.29 Å². The normalized spacial score (nSPS) is 39.6. The van der Waals surface area contributed by atoms with Crippen LogP contribution in [0.5, 0.6) is 0 Å². The SMILES string of the molecule is NC(=O)C1CNC(N2CCC[C@H](N)C2)NC1NC1CCCC(N2CCCC2=O)C1. The van der Waals surface area contributed by atoms with Crippen molar-refractivity contribution < 1.29 is 9.59 Å². The first kappa shape index (κ1) is 21.0. The van der Waals surface area contributed by atoms with Crippen LogP contribution in [0.15, 0.2) is 0 Å². The molecular weight excluding hydrogens is 370 g/mol. The van der Waals surface area contributed by atoms with Crippen molar-refractivity contribution in [3.05, 3.63) is 0 Å². The van der Waals surface area contributed by atoms with Gasteiger partial charge in [-0.25, -0.2) is 0 Å². The summed E-state index contributed by atoms with van der Waals surface area (Å²) in [5.41, 5.74) is 11.9. The molecule has 5 unspecified atom stereocenters. The Labute approximate surface area is 173 Å². The molecule has 0 aromatic rings. The zero-order valence-electron chi connectivity index (χ0n) is 17.3. The number of amides is 2. The van der Waals surface area contributed by atoms with Crippen LogP contribution in [0.25, 0.3) is 0 Å². The summed E-state index contributed by atoms with van der Waals surface area (Å²) in [6.45, 7) is 3.29. The van der Waals surface area contributed by atoms with Crippen LogP contribution in [-0.2, 0) is 9.59 Å². The van der Waals surface area contributed by atoms with Crippen LogP contribution in [0.4, 0.5) is 0 Å². The molecule has 0 radical (unpaired) electrons. The van der Waals surface area contributed by atoms with E-state index in [2.05, 4.69) is 25.8 Å². The number of rotatable bonds is 5. The van der Waals surface area contributed by atoms with Crippen molar-refractivity contribution in [2.45, 2.75) is 81.9 Å². The zero-order valence-corrected chi connectivity index (χ0v) is 17.3. The molecule has 4 rings (SSSR count).